The van der Waals surface area contributed by atoms with Crippen LogP contribution in [0.4, 0.5) is 4.39 Å². The number of benzene rings is 1. The van der Waals surface area contributed by atoms with Crippen molar-refractivity contribution >= 4 is 33.2 Å². The molecular weight excluding hydrogens is 333 g/mol. The molecule has 19 heavy (non-hydrogen) atoms. The van der Waals surface area contributed by atoms with Gasteiger partial charge in [0.1, 0.15) is 10.8 Å². The number of hydrogen-bond acceptors (Lipinski definition) is 4. The highest BCUT2D eigenvalue weighted by molar-refractivity contribution is 9.10. The SMILES string of the molecule is CCOC(=O)Cc1csc(-c2cc(F)ccc2Br)n1. The van der Waals surface area contributed by atoms with E-state index >= 15 is 0 Å². The number of halogens is 2. The van der Waals surface area contributed by atoms with E-state index in [1.807, 2.05) is 0 Å². The first-order chi connectivity index (χ1) is 9.10. The smallest absolute Gasteiger partial charge is 0.311 e. The fourth-order valence-electron chi connectivity index (χ4n) is 1.53. The fraction of sp³-hybridized carbons (Fsp3) is 0.231. The summed E-state index contributed by atoms with van der Waals surface area (Å²) in [6.45, 7) is 2.11. The van der Waals surface area contributed by atoms with E-state index in [1.165, 1.54) is 23.5 Å². The van der Waals surface area contributed by atoms with Gasteiger partial charge in [0.05, 0.1) is 18.7 Å². The van der Waals surface area contributed by atoms with E-state index in [0.717, 1.165) is 4.47 Å². The van der Waals surface area contributed by atoms with Crippen molar-refractivity contribution in [1.29, 1.82) is 0 Å². The molecule has 0 aliphatic carbocycles. The average Bonchev–Trinajstić information content (AvgIpc) is 2.81. The van der Waals surface area contributed by atoms with Crippen molar-refractivity contribution in [3.8, 4) is 10.6 Å². The van der Waals surface area contributed by atoms with Crippen molar-refractivity contribution in [2.45, 2.75) is 13.3 Å². The predicted octanol–water partition coefficient (Wildman–Crippen LogP) is 3.82. The molecule has 0 aliphatic rings. The lowest BCUT2D eigenvalue weighted by Gasteiger charge is -2.00. The zero-order valence-corrected chi connectivity index (χ0v) is 12.6. The number of aromatic nitrogens is 1. The molecule has 0 bridgehead atoms. The first-order valence-electron chi connectivity index (χ1n) is 5.65. The van der Waals surface area contributed by atoms with Gasteiger partial charge < -0.3 is 4.74 Å². The first-order valence-corrected chi connectivity index (χ1v) is 7.33. The maximum Gasteiger partial charge on any atom is 0.311 e. The third kappa shape index (κ3) is 3.61. The number of carbonyl (C=O) groups is 1. The van der Waals surface area contributed by atoms with E-state index in [1.54, 1.807) is 18.4 Å². The molecule has 0 unspecified atom stereocenters. The van der Waals surface area contributed by atoms with Gasteiger partial charge in [-0.3, -0.25) is 4.79 Å². The molecule has 0 N–H and O–H groups in total. The molecule has 2 aromatic rings. The number of carbonyl (C=O) groups excluding carboxylic acids is 1. The molecule has 1 aromatic carbocycles. The summed E-state index contributed by atoms with van der Waals surface area (Å²) in [5.41, 5.74) is 1.31. The number of esters is 1. The Morgan fingerprint density at radius 1 is 1.53 bits per heavy atom. The van der Waals surface area contributed by atoms with Crippen LogP contribution in [0.15, 0.2) is 28.1 Å². The maximum atomic E-state index is 13.2. The Morgan fingerprint density at radius 3 is 3.05 bits per heavy atom. The minimum absolute atomic E-state index is 0.136. The van der Waals surface area contributed by atoms with E-state index in [4.69, 9.17) is 4.74 Å². The Balaban J connectivity index is 2.21. The van der Waals surface area contributed by atoms with Gasteiger partial charge in [0, 0.05) is 15.4 Å². The summed E-state index contributed by atoms with van der Waals surface area (Å²) in [6, 6.07) is 4.43. The number of rotatable bonds is 4. The van der Waals surface area contributed by atoms with Crippen molar-refractivity contribution in [2.24, 2.45) is 0 Å². The van der Waals surface area contributed by atoms with E-state index < -0.39 is 0 Å². The van der Waals surface area contributed by atoms with Crippen LogP contribution in [0.5, 0.6) is 0 Å². The molecule has 0 amide bonds. The molecule has 0 aliphatic heterocycles. The molecule has 2 rings (SSSR count). The minimum Gasteiger partial charge on any atom is -0.466 e. The topological polar surface area (TPSA) is 39.2 Å². The van der Waals surface area contributed by atoms with Gasteiger partial charge in [-0.25, -0.2) is 9.37 Å². The van der Waals surface area contributed by atoms with Crippen molar-refractivity contribution in [1.82, 2.24) is 4.98 Å². The summed E-state index contributed by atoms with van der Waals surface area (Å²) >= 11 is 4.73. The monoisotopic (exact) mass is 343 g/mol. The second-order valence-electron chi connectivity index (χ2n) is 3.75. The van der Waals surface area contributed by atoms with Crippen LogP contribution in [-0.2, 0) is 16.0 Å². The van der Waals surface area contributed by atoms with Gasteiger partial charge in [0.2, 0.25) is 0 Å². The molecule has 6 heteroatoms. The zero-order valence-electron chi connectivity index (χ0n) is 10.2. The van der Waals surface area contributed by atoms with E-state index in [-0.39, 0.29) is 18.2 Å². The van der Waals surface area contributed by atoms with E-state index in [0.29, 0.717) is 22.9 Å². The van der Waals surface area contributed by atoms with Crippen molar-refractivity contribution in [3.05, 3.63) is 39.6 Å². The molecule has 3 nitrogen and oxygen atoms in total. The third-order valence-corrected chi connectivity index (χ3v) is 3.96. The first kappa shape index (κ1) is 14.1. The summed E-state index contributed by atoms with van der Waals surface area (Å²) in [5, 5.41) is 2.45. The number of hydrogen-bond donors (Lipinski definition) is 0. The van der Waals surface area contributed by atoms with Crippen molar-refractivity contribution in [2.75, 3.05) is 6.61 Å². The minimum atomic E-state index is -0.319. The van der Waals surface area contributed by atoms with E-state index in [9.17, 15) is 9.18 Å². The highest BCUT2D eigenvalue weighted by atomic mass is 79.9. The average molecular weight is 344 g/mol. The molecular formula is C13H11BrFNO2S. The van der Waals surface area contributed by atoms with Gasteiger partial charge in [-0.2, -0.15) is 0 Å². The lowest BCUT2D eigenvalue weighted by Crippen LogP contribution is -2.07. The largest absolute Gasteiger partial charge is 0.466 e. The van der Waals surface area contributed by atoms with Crippen molar-refractivity contribution < 1.29 is 13.9 Å². The molecule has 0 saturated heterocycles. The Kier molecular flexibility index (Phi) is 4.66. The van der Waals surface area contributed by atoms with Crippen LogP contribution in [0.25, 0.3) is 10.6 Å². The van der Waals surface area contributed by atoms with Crippen molar-refractivity contribution in [3.63, 3.8) is 0 Å². The fourth-order valence-corrected chi connectivity index (χ4v) is 2.95. The second-order valence-corrected chi connectivity index (χ2v) is 5.46. The second kappa shape index (κ2) is 6.25. The highest BCUT2D eigenvalue weighted by Crippen LogP contribution is 2.31. The lowest BCUT2D eigenvalue weighted by molar-refractivity contribution is -0.142. The van der Waals surface area contributed by atoms with Gasteiger partial charge in [0.15, 0.2) is 0 Å². The summed E-state index contributed by atoms with van der Waals surface area (Å²) < 4.78 is 18.9. The molecule has 1 aromatic heterocycles. The van der Waals surface area contributed by atoms with Gasteiger partial charge >= 0.3 is 5.97 Å². The Hall–Kier alpha value is -1.27. The zero-order chi connectivity index (χ0) is 13.8. The normalized spacial score (nSPS) is 10.5. The van der Waals surface area contributed by atoms with E-state index in [2.05, 4.69) is 20.9 Å². The van der Waals surface area contributed by atoms with Crippen LogP contribution in [-0.4, -0.2) is 17.6 Å². The maximum absolute atomic E-state index is 13.2. The van der Waals surface area contributed by atoms with Gasteiger partial charge in [-0.05, 0) is 25.1 Å². The van der Waals surface area contributed by atoms with Crippen LogP contribution < -0.4 is 0 Å². The molecule has 0 saturated carbocycles. The van der Waals surface area contributed by atoms with Crippen LogP contribution in [0.2, 0.25) is 0 Å². The molecule has 0 spiro atoms. The molecule has 1 heterocycles. The molecule has 100 valence electrons. The lowest BCUT2D eigenvalue weighted by atomic mass is 10.2. The predicted molar refractivity (Wildman–Crippen MR) is 75.5 cm³/mol. The standard InChI is InChI=1S/C13H11BrFNO2S/c1-2-18-12(17)6-9-7-19-13(16-9)10-5-8(15)3-4-11(10)14/h3-5,7H,2,6H2,1H3. The molecule has 0 atom stereocenters. The third-order valence-electron chi connectivity index (χ3n) is 2.34. The van der Waals surface area contributed by atoms with Crippen LogP contribution >= 0.6 is 27.3 Å². The quantitative estimate of drug-likeness (QED) is 0.792. The van der Waals surface area contributed by atoms with Gasteiger partial charge in [-0.15, -0.1) is 11.3 Å². The Labute approximate surface area is 122 Å². The number of ether oxygens (including phenoxy) is 1. The van der Waals surface area contributed by atoms with Crippen LogP contribution in [0.1, 0.15) is 12.6 Å². The molecule has 0 fully saturated rings. The van der Waals surface area contributed by atoms with Crippen LogP contribution in [0, 0.1) is 5.82 Å². The van der Waals surface area contributed by atoms with Gasteiger partial charge in [0.25, 0.3) is 0 Å². The number of nitrogens with zero attached hydrogens (tertiary/aromatic N) is 1. The summed E-state index contributed by atoms with van der Waals surface area (Å²) in [7, 11) is 0. The van der Waals surface area contributed by atoms with Gasteiger partial charge in [-0.1, -0.05) is 15.9 Å². The van der Waals surface area contributed by atoms with Crippen LogP contribution in [0.3, 0.4) is 0 Å². The number of thiazole rings is 1. The Bertz CT molecular complexity index is 600. The highest BCUT2D eigenvalue weighted by Gasteiger charge is 2.12. The summed E-state index contributed by atoms with van der Waals surface area (Å²) in [5.74, 6) is -0.627. The summed E-state index contributed by atoms with van der Waals surface area (Å²) in [4.78, 5) is 15.7. The summed E-state index contributed by atoms with van der Waals surface area (Å²) in [6.07, 6.45) is 0.136. The molecule has 0 radical (unpaired) electrons. The Morgan fingerprint density at radius 2 is 2.32 bits per heavy atom.